The molecule has 0 unspecified atom stereocenters. The van der Waals surface area contributed by atoms with E-state index in [9.17, 15) is 8.60 Å². The van der Waals surface area contributed by atoms with Gasteiger partial charge in [-0.3, -0.25) is 4.21 Å². The molecule has 0 bridgehead atoms. The van der Waals surface area contributed by atoms with Gasteiger partial charge >= 0.3 is 0 Å². The van der Waals surface area contributed by atoms with Crippen LogP contribution in [0.1, 0.15) is 51.1 Å². The SMILES string of the molecule is CC[S@](=O)[C@@H]1CCCC[C@H]1N[C@@H](C)c1ccc(F)c(OC)c1. The molecule has 2 rings (SSSR count). The van der Waals surface area contributed by atoms with Crippen molar-refractivity contribution < 1.29 is 13.3 Å². The van der Waals surface area contributed by atoms with Crippen molar-refractivity contribution in [3.8, 4) is 5.75 Å². The van der Waals surface area contributed by atoms with Crippen LogP contribution >= 0.6 is 0 Å². The van der Waals surface area contributed by atoms with Gasteiger partial charge in [0.1, 0.15) is 0 Å². The molecule has 22 heavy (non-hydrogen) atoms. The molecule has 0 radical (unpaired) electrons. The highest BCUT2D eigenvalue weighted by molar-refractivity contribution is 7.85. The Hall–Kier alpha value is -0.940. The lowest BCUT2D eigenvalue weighted by molar-refractivity contribution is 0.349. The van der Waals surface area contributed by atoms with Crippen molar-refractivity contribution in [1.29, 1.82) is 0 Å². The molecule has 124 valence electrons. The molecule has 1 aliphatic rings. The van der Waals surface area contributed by atoms with Crippen LogP contribution in [0.15, 0.2) is 18.2 Å². The van der Waals surface area contributed by atoms with Crippen molar-refractivity contribution in [3.05, 3.63) is 29.6 Å². The summed E-state index contributed by atoms with van der Waals surface area (Å²) in [6, 6.07) is 5.30. The first-order chi connectivity index (χ1) is 10.6. The molecule has 1 aromatic carbocycles. The predicted molar refractivity (Wildman–Crippen MR) is 89.2 cm³/mol. The number of benzene rings is 1. The lowest BCUT2D eigenvalue weighted by Gasteiger charge is -2.34. The van der Waals surface area contributed by atoms with Gasteiger partial charge in [-0.2, -0.15) is 0 Å². The van der Waals surface area contributed by atoms with Crippen LogP contribution in [0.5, 0.6) is 5.75 Å². The lowest BCUT2D eigenvalue weighted by atomic mass is 9.93. The topological polar surface area (TPSA) is 38.3 Å². The Kier molecular flexibility index (Phi) is 6.38. The van der Waals surface area contributed by atoms with Crippen LogP contribution in [-0.4, -0.2) is 28.4 Å². The minimum absolute atomic E-state index is 0.0777. The van der Waals surface area contributed by atoms with Crippen molar-refractivity contribution in [2.24, 2.45) is 0 Å². The van der Waals surface area contributed by atoms with E-state index in [0.717, 1.165) is 24.8 Å². The van der Waals surface area contributed by atoms with Crippen molar-refractivity contribution in [2.75, 3.05) is 12.9 Å². The average Bonchev–Trinajstić information content (AvgIpc) is 2.55. The van der Waals surface area contributed by atoms with E-state index in [-0.39, 0.29) is 28.9 Å². The third-order valence-electron chi connectivity index (χ3n) is 4.46. The zero-order valence-corrected chi connectivity index (χ0v) is 14.4. The maximum absolute atomic E-state index is 13.5. The molecule has 0 amide bonds. The second-order valence-corrected chi connectivity index (χ2v) is 7.83. The normalized spacial score (nSPS) is 24.7. The maximum atomic E-state index is 13.5. The van der Waals surface area contributed by atoms with Gasteiger partial charge in [0.25, 0.3) is 0 Å². The molecule has 1 aliphatic carbocycles. The Morgan fingerprint density at radius 1 is 1.41 bits per heavy atom. The average molecular weight is 327 g/mol. The van der Waals surface area contributed by atoms with Crippen molar-refractivity contribution >= 4 is 10.8 Å². The third kappa shape index (κ3) is 4.07. The highest BCUT2D eigenvalue weighted by atomic mass is 32.2. The van der Waals surface area contributed by atoms with E-state index in [0.29, 0.717) is 5.75 Å². The maximum Gasteiger partial charge on any atom is 0.165 e. The van der Waals surface area contributed by atoms with Gasteiger partial charge < -0.3 is 10.1 Å². The number of rotatable bonds is 6. The summed E-state index contributed by atoms with van der Waals surface area (Å²) in [6.07, 6.45) is 4.42. The zero-order valence-electron chi connectivity index (χ0n) is 13.6. The predicted octanol–water partition coefficient (Wildman–Crippen LogP) is 3.56. The van der Waals surface area contributed by atoms with E-state index in [1.54, 1.807) is 12.1 Å². The minimum atomic E-state index is -0.773. The monoisotopic (exact) mass is 327 g/mol. The van der Waals surface area contributed by atoms with Crippen LogP contribution < -0.4 is 10.1 Å². The molecule has 0 aromatic heterocycles. The van der Waals surface area contributed by atoms with Gasteiger partial charge in [0.2, 0.25) is 0 Å². The highest BCUT2D eigenvalue weighted by Gasteiger charge is 2.30. The van der Waals surface area contributed by atoms with Gasteiger partial charge in [-0.05, 0) is 37.5 Å². The summed E-state index contributed by atoms with van der Waals surface area (Å²) in [5.74, 6) is 0.631. The van der Waals surface area contributed by atoms with E-state index < -0.39 is 10.8 Å². The van der Waals surface area contributed by atoms with Gasteiger partial charge in [0, 0.05) is 28.6 Å². The molecule has 1 aromatic rings. The van der Waals surface area contributed by atoms with E-state index in [4.69, 9.17) is 4.74 Å². The molecule has 5 heteroatoms. The number of nitrogens with one attached hydrogen (secondary N) is 1. The smallest absolute Gasteiger partial charge is 0.165 e. The summed E-state index contributed by atoms with van der Waals surface area (Å²) in [7, 11) is 0.701. The lowest BCUT2D eigenvalue weighted by Crippen LogP contribution is -2.45. The van der Waals surface area contributed by atoms with Crippen LogP contribution in [0.25, 0.3) is 0 Å². The number of hydrogen-bond acceptors (Lipinski definition) is 3. The fourth-order valence-electron chi connectivity index (χ4n) is 3.18. The summed E-state index contributed by atoms with van der Waals surface area (Å²) in [4.78, 5) is 0. The van der Waals surface area contributed by atoms with Crippen LogP contribution in [0.3, 0.4) is 0 Å². The molecule has 1 fully saturated rings. The van der Waals surface area contributed by atoms with E-state index in [1.807, 2.05) is 6.92 Å². The molecule has 0 heterocycles. The first kappa shape index (κ1) is 17.4. The van der Waals surface area contributed by atoms with Crippen LogP contribution in [-0.2, 0) is 10.8 Å². The van der Waals surface area contributed by atoms with Gasteiger partial charge in [-0.1, -0.05) is 25.8 Å². The number of methoxy groups -OCH3 is 1. The van der Waals surface area contributed by atoms with Gasteiger partial charge in [0.05, 0.1) is 12.4 Å². The summed E-state index contributed by atoms with van der Waals surface area (Å²) in [5, 5.41) is 3.83. The Morgan fingerprint density at radius 3 is 2.82 bits per heavy atom. The Labute approximate surface area is 135 Å². The van der Waals surface area contributed by atoms with Crippen molar-refractivity contribution in [3.63, 3.8) is 0 Å². The molecule has 0 spiro atoms. The first-order valence-electron chi connectivity index (χ1n) is 8.03. The molecular weight excluding hydrogens is 301 g/mol. The molecule has 1 N–H and O–H groups in total. The number of halogens is 1. The van der Waals surface area contributed by atoms with Gasteiger partial charge in [-0.25, -0.2) is 4.39 Å². The van der Waals surface area contributed by atoms with Crippen molar-refractivity contribution in [1.82, 2.24) is 5.32 Å². The molecule has 1 saturated carbocycles. The number of hydrogen-bond donors (Lipinski definition) is 1. The summed E-state index contributed by atoms with van der Waals surface area (Å²) in [5.41, 5.74) is 0.991. The van der Waals surface area contributed by atoms with Crippen LogP contribution in [0.2, 0.25) is 0 Å². The van der Waals surface area contributed by atoms with E-state index in [1.165, 1.54) is 19.6 Å². The molecule has 0 aliphatic heterocycles. The summed E-state index contributed by atoms with van der Waals surface area (Å²) < 4.78 is 30.8. The third-order valence-corrected chi connectivity index (χ3v) is 6.27. The molecule has 4 atom stereocenters. The Morgan fingerprint density at radius 2 is 2.14 bits per heavy atom. The highest BCUT2D eigenvalue weighted by Crippen LogP contribution is 2.27. The van der Waals surface area contributed by atoms with Gasteiger partial charge in [0.15, 0.2) is 11.6 Å². The molecule has 3 nitrogen and oxygen atoms in total. The Bertz CT molecular complexity index is 523. The standard InChI is InChI=1S/C17H26FNO2S/c1-4-22(20)17-8-6-5-7-15(17)19-12(2)13-9-10-14(18)16(11-13)21-3/h9-12,15,17,19H,4-8H2,1-3H3/t12-,15+,17+,22-/m0/s1. The molecular formula is C17H26FNO2S. The second-order valence-electron chi connectivity index (χ2n) is 5.88. The fourth-order valence-corrected chi connectivity index (χ4v) is 4.62. The zero-order chi connectivity index (χ0) is 16.1. The summed E-state index contributed by atoms with van der Waals surface area (Å²) in [6.45, 7) is 4.04. The van der Waals surface area contributed by atoms with Crippen molar-refractivity contribution in [2.45, 2.75) is 56.9 Å². The van der Waals surface area contributed by atoms with E-state index in [2.05, 4.69) is 12.2 Å². The van der Waals surface area contributed by atoms with E-state index >= 15 is 0 Å². The number of ether oxygens (including phenoxy) is 1. The fraction of sp³-hybridized carbons (Fsp3) is 0.647. The van der Waals surface area contributed by atoms with Gasteiger partial charge in [-0.15, -0.1) is 0 Å². The summed E-state index contributed by atoms with van der Waals surface area (Å²) >= 11 is 0. The first-order valence-corrected chi connectivity index (χ1v) is 9.41. The van der Waals surface area contributed by atoms with Crippen LogP contribution in [0, 0.1) is 5.82 Å². The largest absolute Gasteiger partial charge is 0.494 e. The van der Waals surface area contributed by atoms with Crippen LogP contribution in [0.4, 0.5) is 4.39 Å². The molecule has 0 saturated heterocycles. The Balaban J connectivity index is 2.09. The second kappa shape index (κ2) is 8.06. The quantitative estimate of drug-likeness (QED) is 0.868. The minimum Gasteiger partial charge on any atom is -0.494 e.